The first-order valence-electron chi connectivity index (χ1n) is 17.3. The minimum atomic E-state index is -1.46. The van der Waals surface area contributed by atoms with Crippen LogP contribution in [0.2, 0.25) is 0 Å². The van der Waals surface area contributed by atoms with Crippen LogP contribution < -0.4 is 22.1 Å². The molecule has 1 saturated carbocycles. The monoisotopic (exact) mass is 690 g/mol. The number of nitrogens with zero attached hydrogens (tertiary/aromatic N) is 2. The zero-order valence-corrected chi connectivity index (χ0v) is 28.4. The van der Waals surface area contributed by atoms with Crippen molar-refractivity contribution in [3.05, 3.63) is 35.9 Å². The van der Waals surface area contributed by atoms with E-state index in [4.69, 9.17) is 20.9 Å². The number of guanidine groups is 1. The Kier molecular flexibility index (Phi) is 14.2. The average Bonchev–Trinajstić information content (AvgIpc) is 3.45. The van der Waals surface area contributed by atoms with Gasteiger partial charge in [-0.1, -0.05) is 44.2 Å². The zero-order valence-electron chi connectivity index (χ0n) is 28.4. The molecule has 3 amide bonds. The molecule has 2 aliphatic heterocycles. The van der Waals surface area contributed by atoms with Crippen LogP contribution in [0, 0.1) is 11.8 Å². The Bertz CT molecular complexity index is 1270. The number of aliphatic imine (C=N–C) groups is 1. The molecule has 15 nitrogen and oxygen atoms in total. The van der Waals surface area contributed by atoms with Gasteiger partial charge in [-0.3, -0.25) is 19.4 Å². The number of nitrogens with one attached hydrogen (secondary N) is 2. The Morgan fingerprint density at radius 3 is 2.49 bits per heavy atom. The lowest BCUT2D eigenvalue weighted by molar-refractivity contribution is -0.285. The molecule has 4 rings (SSSR count). The number of aliphatic hydroxyl groups is 4. The third-order valence-corrected chi connectivity index (χ3v) is 9.54. The lowest BCUT2D eigenvalue weighted by Crippen LogP contribution is -2.58. The average molecular weight is 691 g/mol. The molecule has 1 aromatic rings. The number of nitrogens with two attached hydrogens (primary N) is 2. The number of likely N-dealkylation sites (tertiary alicyclic amines) is 1. The molecule has 10 N–H and O–H groups in total. The first kappa shape index (κ1) is 38.5. The number of carbonyl (C=O) groups is 3. The fourth-order valence-corrected chi connectivity index (χ4v) is 7.03. The van der Waals surface area contributed by atoms with Crippen molar-refractivity contribution in [2.24, 2.45) is 28.3 Å². The van der Waals surface area contributed by atoms with Gasteiger partial charge in [-0.2, -0.15) is 0 Å². The highest BCUT2D eigenvalue weighted by atomic mass is 16.7. The number of benzene rings is 1. The molecule has 3 aliphatic rings. The van der Waals surface area contributed by atoms with Gasteiger partial charge in [0.25, 0.3) is 0 Å². The minimum absolute atomic E-state index is 0.00277. The van der Waals surface area contributed by atoms with E-state index in [9.17, 15) is 34.8 Å². The molecule has 49 heavy (non-hydrogen) atoms. The summed E-state index contributed by atoms with van der Waals surface area (Å²) < 4.78 is 11.6. The van der Waals surface area contributed by atoms with Crippen molar-refractivity contribution in [1.82, 2.24) is 15.5 Å². The van der Waals surface area contributed by atoms with E-state index in [0.717, 1.165) is 5.56 Å². The van der Waals surface area contributed by atoms with Crippen LogP contribution in [0.4, 0.5) is 0 Å². The maximum Gasteiger partial charge on any atom is 0.249 e. The number of hydrogen-bond donors (Lipinski definition) is 8. The summed E-state index contributed by atoms with van der Waals surface area (Å²) in [6.07, 6.45) is -3.51. The number of amides is 3. The summed E-state index contributed by atoms with van der Waals surface area (Å²) >= 11 is 0. The standard InChI is InChI=1S/C34H54N6O9/c1-19(2)14-23(39-31(46)26(41)15-20-8-4-3-5-9-20)32(47)40-24-17-22(49-33-29(44)28(43)27(42)18-48-33)11-10-21(24)16-25(40)30(45)37-12-6-7-13-38-34(35)36/h3-5,8-9,19,21-29,33,41-44H,6-7,10-18H2,1-2H3,(H,37,45)(H,39,46)(H4,35,36,38)/t21-,22+,23+,24-,25-,26+,27?,28?,29?,33?/m0/s1. The number of carbonyl (C=O) groups excluding carboxylic acids is 3. The van der Waals surface area contributed by atoms with Crippen LogP contribution in [0.25, 0.3) is 0 Å². The van der Waals surface area contributed by atoms with Crippen molar-refractivity contribution in [1.29, 1.82) is 0 Å². The maximum absolute atomic E-state index is 14.5. The van der Waals surface area contributed by atoms with E-state index in [1.54, 1.807) is 4.90 Å². The zero-order chi connectivity index (χ0) is 35.7. The van der Waals surface area contributed by atoms with Gasteiger partial charge >= 0.3 is 0 Å². The highest BCUT2D eigenvalue weighted by molar-refractivity contribution is 5.93. The fraction of sp³-hybridized carbons (Fsp3) is 0.706. The van der Waals surface area contributed by atoms with E-state index in [1.165, 1.54) is 0 Å². The summed E-state index contributed by atoms with van der Waals surface area (Å²) in [4.78, 5) is 47.0. The predicted octanol–water partition coefficient (Wildman–Crippen LogP) is -1.12. The van der Waals surface area contributed by atoms with Crippen LogP contribution in [-0.4, -0.2) is 124 Å². The highest BCUT2D eigenvalue weighted by Gasteiger charge is 2.51. The molecule has 1 aliphatic carbocycles. The third-order valence-electron chi connectivity index (χ3n) is 9.54. The molecule has 2 saturated heterocycles. The number of unbranched alkanes of at least 4 members (excludes halogenated alkanes) is 1. The molecule has 3 fully saturated rings. The highest BCUT2D eigenvalue weighted by Crippen LogP contribution is 2.42. The summed E-state index contributed by atoms with van der Waals surface area (Å²) in [5.41, 5.74) is 11.5. The summed E-state index contributed by atoms with van der Waals surface area (Å²) in [6, 6.07) is 6.89. The summed E-state index contributed by atoms with van der Waals surface area (Å²) in [5.74, 6) is -1.40. The first-order chi connectivity index (χ1) is 23.3. The summed E-state index contributed by atoms with van der Waals surface area (Å²) in [5, 5.41) is 47.0. The summed E-state index contributed by atoms with van der Waals surface area (Å²) in [6.45, 7) is 4.45. The van der Waals surface area contributed by atoms with Gasteiger partial charge < -0.3 is 56.9 Å². The lowest BCUT2D eigenvalue weighted by Gasteiger charge is -2.41. The molecule has 10 atom stereocenters. The van der Waals surface area contributed by atoms with E-state index in [1.807, 2.05) is 44.2 Å². The predicted molar refractivity (Wildman–Crippen MR) is 179 cm³/mol. The second kappa shape index (κ2) is 18.1. The van der Waals surface area contributed by atoms with Crippen LogP contribution in [0.15, 0.2) is 35.3 Å². The molecule has 0 bridgehead atoms. The van der Waals surface area contributed by atoms with E-state index < -0.39 is 66.7 Å². The van der Waals surface area contributed by atoms with Gasteiger partial charge in [0.2, 0.25) is 17.7 Å². The molecule has 1 aromatic carbocycles. The van der Waals surface area contributed by atoms with Crippen LogP contribution in [-0.2, 0) is 30.3 Å². The molecule has 2 heterocycles. The molecule has 274 valence electrons. The van der Waals surface area contributed by atoms with Crippen LogP contribution in [0.5, 0.6) is 0 Å². The van der Waals surface area contributed by atoms with Crippen molar-refractivity contribution in [2.45, 2.75) is 120 Å². The number of ether oxygens (including phenoxy) is 2. The molecule has 15 heteroatoms. The Hall–Kier alpha value is -3.34. The van der Waals surface area contributed by atoms with Crippen molar-refractivity contribution in [2.75, 3.05) is 19.7 Å². The second-order valence-electron chi connectivity index (χ2n) is 13.8. The first-order valence-corrected chi connectivity index (χ1v) is 17.3. The number of rotatable bonds is 15. The Morgan fingerprint density at radius 1 is 1.06 bits per heavy atom. The van der Waals surface area contributed by atoms with Crippen LogP contribution in [0.3, 0.4) is 0 Å². The molecule has 0 spiro atoms. The Morgan fingerprint density at radius 2 is 1.80 bits per heavy atom. The van der Waals surface area contributed by atoms with E-state index in [-0.39, 0.29) is 43.2 Å². The van der Waals surface area contributed by atoms with Gasteiger partial charge in [-0.15, -0.1) is 0 Å². The van der Waals surface area contributed by atoms with Crippen molar-refractivity contribution < 1.29 is 44.3 Å². The van der Waals surface area contributed by atoms with Gasteiger partial charge in [-0.25, -0.2) is 0 Å². The largest absolute Gasteiger partial charge is 0.388 e. The molecule has 0 aromatic heterocycles. The van der Waals surface area contributed by atoms with Gasteiger partial charge in [0.05, 0.1) is 12.7 Å². The van der Waals surface area contributed by atoms with Gasteiger partial charge in [-0.05, 0) is 62.3 Å². The second-order valence-corrected chi connectivity index (χ2v) is 13.8. The van der Waals surface area contributed by atoms with Gasteiger partial charge in [0.15, 0.2) is 12.2 Å². The lowest BCUT2D eigenvalue weighted by atomic mass is 9.82. The topological polar surface area (TPSA) is 242 Å². The molecular formula is C34H54N6O9. The van der Waals surface area contributed by atoms with E-state index in [2.05, 4.69) is 15.6 Å². The van der Waals surface area contributed by atoms with Crippen molar-refractivity contribution >= 4 is 23.7 Å². The van der Waals surface area contributed by atoms with Crippen LogP contribution >= 0.6 is 0 Å². The van der Waals surface area contributed by atoms with E-state index >= 15 is 0 Å². The quantitative estimate of drug-likeness (QED) is 0.0623. The molecular weight excluding hydrogens is 636 g/mol. The number of fused-ring (bicyclic) bond motifs is 1. The van der Waals surface area contributed by atoms with Crippen molar-refractivity contribution in [3.63, 3.8) is 0 Å². The fourth-order valence-electron chi connectivity index (χ4n) is 7.03. The van der Waals surface area contributed by atoms with Crippen LogP contribution in [0.1, 0.15) is 64.4 Å². The summed E-state index contributed by atoms with van der Waals surface area (Å²) in [7, 11) is 0. The molecule has 4 unspecified atom stereocenters. The van der Waals surface area contributed by atoms with E-state index in [0.29, 0.717) is 51.6 Å². The smallest absolute Gasteiger partial charge is 0.249 e. The Labute approximate surface area is 287 Å². The molecule has 0 radical (unpaired) electrons. The third kappa shape index (κ3) is 10.6. The van der Waals surface area contributed by atoms with Gasteiger partial charge in [0, 0.05) is 25.6 Å². The number of aliphatic hydroxyl groups excluding tert-OH is 4. The minimum Gasteiger partial charge on any atom is -0.388 e. The van der Waals surface area contributed by atoms with Gasteiger partial charge in [0.1, 0.15) is 36.5 Å². The maximum atomic E-state index is 14.5. The number of hydrogen-bond acceptors (Lipinski definition) is 10. The SMILES string of the molecule is CC(C)C[C@@H](NC(=O)[C@H](O)Cc1ccccc1)C(=O)N1[C@H](C(=O)NCCCCN=C(N)N)C[C@@H]2CC[C@@H](OC3OCC(O)C(O)C3O)C[C@@H]21. The normalized spacial score (nSPS) is 29.5. The van der Waals surface area contributed by atoms with Crippen molar-refractivity contribution in [3.8, 4) is 0 Å². The Balaban J connectivity index is 1.51.